The van der Waals surface area contributed by atoms with Crippen LogP contribution in [0.5, 0.6) is 0 Å². The molecular weight excluding hydrogens is 273 g/mol. The predicted molar refractivity (Wildman–Crippen MR) is 78.4 cm³/mol. The molecular formula is C15H22FN3O2. The van der Waals surface area contributed by atoms with Gasteiger partial charge in [-0.2, -0.15) is 0 Å². The van der Waals surface area contributed by atoms with Crippen molar-refractivity contribution in [3.8, 4) is 0 Å². The summed E-state index contributed by atoms with van der Waals surface area (Å²) in [4.78, 5) is 15.5. The van der Waals surface area contributed by atoms with E-state index in [2.05, 4.69) is 4.90 Å². The van der Waals surface area contributed by atoms with Crippen LogP contribution in [-0.4, -0.2) is 55.2 Å². The van der Waals surface area contributed by atoms with Gasteiger partial charge in [-0.3, -0.25) is 4.90 Å². The Hall–Kier alpha value is -1.66. The minimum Gasteiger partial charge on any atom is -0.450 e. The van der Waals surface area contributed by atoms with E-state index in [0.717, 1.165) is 5.56 Å². The maximum absolute atomic E-state index is 13.4. The number of hydrogen-bond donors (Lipinski definition) is 1. The van der Waals surface area contributed by atoms with Crippen molar-refractivity contribution < 1.29 is 13.9 Å². The average molecular weight is 295 g/mol. The zero-order valence-corrected chi connectivity index (χ0v) is 12.3. The SMILES string of the molecule is CCOC(=O)N1CCN(C(CN)c2cccc(F)c2)CC1. The van der Waals surface area contributed by atoms with Crippen LogP contribution < -0.4 is 5.73 Å². The molecule has 0 aromatic heterocycles. The summed E-state index contributed by atoms with van der Waals surface area (Å²) in [6, 6.07) is 6.51. The van der Waals surface area contributed by atoms with Gasteiger partial charge in [0.05, 0.1) is 6.61 Å². The first-order valence-corrected chi connectivity index (χ1v) is 7.27. The zero-order chi connectivity index (χ0) is 15.2. The van der Waals surface area contributed by atoms with Crippen LogP contribution in [-0.2, 0) is 4.74 Å². The highest BCUT2D eigenvalue weighted by atomic mass is 19.1. The molecule has 1 saturated heterocycles. The Morgan fingerprint density at radius 1 is 1.38 bits per heavy atom. The Labute approximate surface area is 124 Å². The van der Waals surface area contributed by atoms with Crippen LogP contribution in [0.1, 0.15) is 18.5 Å². The number of halogens is 1. The lowest BCUT2D eigenvalue weighted by atomic mass is 10.0. The fourth-order valence-electron chi connectivity index (χ4n) is 2.64. The van der Waals surface area contributed by atoms with E-state index in [9.17, 15) is 9.18 Å². The lowest BCUT2D eigenvalue weighted by molar-refractivity contribution is 0.0670. The maximum atomic E-state index is 13.4. The second kappa shape index (κ2) is 7.38. The van der Waals surface area contributed by atoms with Gasteiger partial charge in [-0.1, -0.05) is 12.1 Å². The predicted octanol–water partition coefficient (Wildman–Crippen LogP) is 1.60. The van der Waals surface area contributed by atoms with E-state index in [1.165, 1.54) is 12.1 Å². The number of carbonyl (C=O) groups is 1. The zero-order valence-electron chi connectivity index (χ0n) is 12.3. The van der Waals surface area contributed by atoms with Gasteiger partial charge in [0.15, 0.2) is 0 Å². The van der Waals surface area contributed by atoms with Crippen molar-refractivity contribution in [1.82, 2.24) is 9.80 Å². The second-order valence-corrected chi connectivity index (χ2v) is 5.03. The van der Waals surface area contributed by atoms with Gasteiger partial charge in [-0.25, -0.2) is 9.18 Å². The minimum absolute atomic E-state index is 0.0231. The number of rotatable bonds is 4. The summed E-state index contributed by atoms with van der Waals surface area (Å²) >= 11 is 0. The molecule has 21 heavy (non-hydrogen) atoms. The van der Waals surface area contributed by atoms with Crippen LogP contribution in [0.2, 0.25) is 0 Å². The Balaban J connectivity index is 1.98. The molecule has 1 aromatic rings. The topological polar surface area (TPSA) is 58.8 Å². The Morgan fingerprint density at radius 2 is 2.10 bits per heavy atom. The van der Waals surface area contributed by atoms with Crippen molar-refractivity contribution in [3.05, 3.63) is 35.6 Å². The smallest absolute Gasteiger partial charge is 0.409 e. The Morgan fingerprint density at radius 3 is 2.67 bits per heavy atom. The Bertz CT molecular complexity index is 476. The molecule has 1 aromatic carbocycles. The summed E-state index contributed by atoms with van der Waals surface area (Å²) in [6.45, 7) is 5.21. The maximum Gasteiger partial charge on any atom is 0.409 e. The number of hydrogen-bond acceptors (Lipinski definition) is 4. The second-order valence-electron chi connectivity index (χ2n) is 5.03. The quantitative estimate of drug-likeness (QED) is 0.916. The molecule has 1 aliphatic heterocycles. The number of benzene rings is 1. The monoisotopic (exact) mass is 295 g/mol. The summed E-state index contributed by atoms with van der Waals surface area (Å²) in [5, 5.41) is 0. The van der Waals surface area contributed by atoms with Gasteiger partial charge in [0, 0.05) is 38.8 Å². The third-order valence-electron chi connectivity index (χ3n) is 3.74. The van der Waals surface area contributed by atoms with E-state index < -0.39 is 0 Å². The standard InChI is InChI=1S/C15H22FN3O2/c1-2-21-15(20)19-8-6-18(7-9-19)14(11-17)12-4-3-5-13(16)10-12/h3-5,10,14H,2,6-9,11,17H2,1H3. The van der Waals surface area contributed by atoms with Gasteiger partial charge in [0.25, 0.3) is 0 Å². The fourth-order valence-corrected chi connectivity index (χ4v) is 2.64. The van der Waals surface area contributed by atoms with Crippen molar-refractivity contribution in [3.63, 3.8) is 0 Å². The van der Waals surface area contributed by atoms with Gasteiger partial charge < -0.3 is 15.4 Å². The van der Waals surface area contributed by atoms with Crippen molar-refractivity contribution >= 4 is 6.09 Å². The van der Waals surface area contributed by atoms with E-state index in [-0.39, 0.29) is 18.0 Å². The molecule has 116 valence electrons. The highest BCUT2D eigenvalue weighted by Gasteiger charge is 2.26. The number of ether oxygens (including phenoxy) is 1. The van der Waals surface area contributed by atoms with Gasteiger partial charge in [-0.05, 0) is 24.6 Å². The summed E-state index contributed by atoms with van der Waals surface area (Å²) < 4.78 is 18.4. The minimum atomic E-state index is -0.271. The molecule has 1 aliphatic rings. The number of amides is 1. The molecule has 0 radical (unpaired) electrons. The van der Waals surface area contributed by atoms with Crippen LogP contribution in [0.4, 0.5) is 9.18 Å². The van der Waals surface area contributed by atoms with Crippen molar-refractivity contribution in [2.45, 2.75) is 13.0 Å². The molecule has 0 aliphatic carbocycles. The summed E-state index contributed by atoms with van der Waals surface area (Å²) in [5.41, 5.74) is 6.74. The number of nitrogens with two attached hydrogens (primary N) is 1. The molecule has 6 heteroatoms. The van der Waals surface area contributed by atoms with Crippen molar-refractivity contribution in [1.29, 1.82) is 0 Å². The largest absolute Gasteiger partial charge is 0.450 e. The third kappa shape index (κ3) is 3.92. The summed E-state index contributed by atoms with van der Waals surface area (Å²) in [7, 11) is 0. The molecule has 5 nitrogen and oxygen atoms in total. The van der Waals surface area contributed by atoms with Crippen LogP contribution in [0.15, 0.2) is 24.3 Å². The molecule has 0 saturated carbocycles. The highest BCUT2D eigenvalue weighted by molar-refractivity contribution is 5.67. The number of carbonyl (C=O) groups excluding carboxylic acids is 1. The molecule has 0 bridgehead atoms. The molecule has 1 atom stereocenters. The van der Waals surface area contributed by atoms with E-state index in [0.29, 0.717) is 39.3 Å². The number of nitrogens with zero attached hydrogens (tertiary/aromatic N) is 2. The van der Waals surface area contributed by atoms with Crippen LogP contribution >= 0.6 is 0 Å². The molecule has 0 spiro atoms. The van der Waals surface area contributed by atoms with Gasteiger partial charge in [0.1, 0.15) is 5.82 Å². The first-order valence-electron chi connectivity index (χ1n) is 7.27. The summed E-state index contributed by atoms with van der Waals surface area (Å²) in [6.07, 6.45) is -0.271. The van der Waals surface area contributed by atoms with E-state index in [4.69, 9.17) is 10.5 Å². The molecule has 1 unspecified atom stereocenters. The van der Waals surface area contributed by atoms with E-state index in [1.807, 2.05) is 6.07 Å². The van der Waals surface area contributed by atoms with Crippen molar-refractivity contribution in [2.24, 2.45) is 5.73 Å². The third-order valence-corrected chi connectivity index (χ3v) is 3.74. The number of piperazine rings is 1. The molecule has 2 N–H and O–H groups in total. The lowest BCUT2D eigenvalue weighted by Gasteiger charge is -2.38. The van der Waals surface area contributed by atoms with Crippen LogP contribution in [0.3, 0.4) is 0 Å². The first kappa shape index (κ1) is 15.7. The van der Waals surface area contributed by atoms with E-state index in [1.54, 1.807) is 17.9 Å². The Kier molecular flexibility index (Phi) is 5.52. The molecule has 1 amide bonds. The highest BCUT2D eigenvalue weighted by Crippen LogP contribution is 2.22. The summed E-state index contributed by atoms with van der Waals surface area (Å²) in [5.74, 6) is -0.254. The normalized spacial score (nSPS) is 17.6. The van der Waals surface area contributed by atoms with E-state index >= 15 is 0 Å². The molecule has 1 fully saturated rings. The lowest BCUT2D eigenvalue weighted by Crippen LogP contribution is -2.50. The molecule has 2 rings (SSSR count). The van der Waals surface area contributed by atoms with Crippen molar-refractivity contribution in [2.75, 3.05) is 39.3 Å². The molecule has 1 heterocycles. The first-order chi connectivity index (χ1) is 10.2. The van der Waals surface area contributed by atoms with Gasteiger partial charge >= 0.3 is 6.09 Å². The van der Waals surface area contributed by atoms with Gasteiger partial charge in [-0.15, -0.1) is 0 Å². The van der Waals surface area contributed by atoms with Crippen LogP contribution in [0, 0.1) is 5.82 Å². The van der Waals surface area contributed by atoms with Crippen LogP contribution in [0.25, 0.3) is 0 Å². The average Bonchev–Trinajstić information content (AvgIpc) is 2.49. The van der Waals surface area contributed by atoms with Gasteiger partial charge in [0.2, 0.25) is 0 Å². The fraction of sp³-hybridized carbons (Fsp3) is 0.533.